The molecule has 26 heavy (non-hydrogen) atoms. The number of rotatable bonds is 4. The van der Waals surface area contributed by atoms with Crippen LogP contribution in [0.25, 0.3) is 11.1 Å². The summed E-state index contributed by atoms with van der Waals surface area (Å²) in [4.78, 5) is 14.5. The van der Waals surface area contributed by atoms with E-state index in [2.05, 4.69) is 16.3 Å². The molecule has 6 nitrogen and oxygen atoms in total. The molecule has 6 heteroatoms. The van der Waals surface area contributed by atoms with Crippen LogP contribution in [-0.4, -0.2) is 53.9 Å². The number of carbonyl (C=O) groups is 1. The van der Waals surface area contributed by atoms with E-state index in [1.54, 1.807) is 7.11 Å². The van der Waals surface area contributed by atoms with E-state index < -0.39 is 0 Å². The second-order valence-corrected chi connectivity index (χ2v) is 7.03. The van der Waals surface area contributed by atoms with Crippen LogP contribution in [0.3, 0.4) is 0 Å². The number of ether oxygens (including phenoxy) is 2. The number of aromatic amines is 1. The number of methoxy groups -OCH3 is 1. The molecule has 0 aliphatic carbocycles. The maximum Gasteiger partial charge on any atom is 0.251 e. The number of piperidine rings is 1. The molecule has 138 valence electrons. The van der Waals surface area contributed by atoms with E-state index in [1.165, 1.54) is 0 Å². The second kappa shape index (κ2) is 7.50. The number of amides is 1. The normalized spacial score (nSPS) is 21.1. The lowest BCUT2D eigenvalue weighted by molar-refractivity contribution is -0.142. The zero-order valence-electron chi connectivity index (χ0n) is 15.1. The van der Waals surface area contributed by atoms with Gasteiger partial charge in [-0.3, -0.25) is 9.89 Å². The first-order chi connectivity index (χ1) is 12.8. The van der Waals surface area contributed by atoms with Crippen molar-refractivity contribution in [3.8, 4) is 16.9 Å². The molecule has 1 atom stereocenters. The highest BCUT2D eigenvalue weighted by Crippen LogP contribution is 2.35. The van der Waals surface area contributed by atoms with Crippen LogP contribution in [0.4, 0.5) is 0 Å². The number of nitrogens with one attached hydrogen (secondary N) is 1. The molecule has 2 saturated heterocycles. The van der Waals surface area contributed by atoms with E-state index in [9.17, 15) is 4.79 Å². The first-order valence-corrected chi connectivity index (χ1v) is 9.34. The Morgan fingerprint density at radius 3 is 2.88 bits per heavy atom. The summed E-state index contributed by atoms with van der Waals surface area (Å²) in [6.45, 7) is 2.27. The van der Waals surface area contributed by atoms with E-state index in [4.69, 9.17) is 9.47 Å². The highest BCUT2D eigenvalue weighted by molar-refractivity contribution is 5.81. The number of aromatic nitrogens is 2. The lowest BCUT2D eigenvalue weighted by Crippen LogP contribution is -2.43. The van der Waals surface area contributed by atoms with Crippen molar-refractivity contribution in [2.75, 3.05) is 26.8 Å². The van der Waals surface area contributed by atoms with Gasteiger partial charge in [-0.25, -0.2) is 0 Å². The molecular weight excluding hydrogens is 330 g/mol. The van der Waals surface area contributed by atoms with Gasteiger partial charge in [0.05, 0.1) is 13.3 Å². The van der Waals surface area contributed by atoms with Crippen molar-refractivity contribution in [1.82, 2.24) is 15.1 Å². The molecule has 4 rings (SSSR count). The van der Waals surface area contributed by atoms with Gasteiger partial charge in [-0.1, -0.05) is 12.1 Å². The van der Waals surface area contributed by atoms with Crippen LogP contribution in [-0.2, 0) is 9.53 Å². The van der Waals surface area contributed by atoms with Gasteiger partial charge in [0.2, 0.25) is 0 Å². The Bertz CT molecular complexity index is 759. The van der Waals surface area contributed by atoms with E-state index >= 15 is 0 Å². The van der Waals surface area contributed by atoms with E-state index in [0.29, 0.717) is 12.5 Å². The molecule has 1 amide bonds. The van der Waals surface area contributed by atoms with Crippen LogP contribution < -0.4 is 4.74 Å². The molecule has 1 N–H and O–H groups in total. The lowest BCUT2D eigenvalue weighted by atomic mass is 9.89. The largest absolute Gasteiger partial charge is 0.497 e. The molecule has 2 aliphatic heterocycles. The van der Waals surface area contributed by atoms with Gasteiger partial charge in [0.25, 0.3) is 5.91 Å². The molecule has 0 saturated carbocycles. The summed E-state index contributed by atoms with van der Waals surface area (Å²) in [5, 5.41) is 7.47. The molecule has 0 unspecified atom stereocenters. The van der Waals surface area contributed by atoms with E-state index in [0.717, 1.165) is 61.3 Å². The fourth-order valence-corrected chi connectivity index (χ4v) is 3.99. The minimum absolute atomic E-state index is 0.165. The fourth-order valence-electron chi connectivity index (χ4n) is 3.99. The minimum atomic E-state index is -0.217. The monoisotopic (exact) mass is 355 g/mol. The Morgan fingerprint density at radius 1 is 1.31 bits per heavy atom. The molecule has 2 fully saturated rings. The molecule has 0 bridgehead atoms. The van der Waals surface area contributed by atoms with Gasteiger partial charge >= 0.3 is 0 Å². The van der Waals surface area contributed by atoms with Gasteiger partial charge in [-0.2, -0.15) is 5.10 Å². The Kier molecular flexibility index (Phi) is 4.93. The van der Waals surface area contributed by atoms with Gasteiger partial charge in [-0.05, 0) is 43.4 Å². The highest BCUT2D eigenvalue weighted by atomic mass is 16.5. The average molecular weight is 355 g/mol. The summed E-state index contributed by atoms with van der Waals surface area (Å²) < 4.78 is 10.9. The lowest BCUT2D eigenvalue weighted by Gasteiger charge is -2.33. The van der Waals surface area contributed by atoms with Crippen molar-refractivity contribution in [2.24, 2.45) is 0 Å². The van der Waals surface area contributed by atoms with Gasteiger partial charge in [0, 0.05) is 36.9 Å². The van der Waals surface area contributed by atoms with Crippen LogP contribution in [0.2, 0.25) is 0 Å². The molecule has 2 aliphatic rings. The summed E-state index contributed by atoms with van der Waals surface area (Å²) in [6, 6.07) is 8.05. The number of benzene rings is 1. The van der Waals surface area contributed by atoms with Crippen molar-refractivity contribution in [3.63, 3.8) is 0 Å². The smallest absolute Gasteiger partial charge is 0.251 e. The predicted molar refractivity (Wildman–Crippen MR) is 98.1 cm³/mol. The van der Waals surface area contributed by atoms with Crippen LogP contribution in [0.15, 0.2) is 30.5 Å². The molecule has 1 aromatic heterocycles. The van der Waals surface area contributed by atoms with Gasteiger partial charge in [0.1, 0.15) is 11.9 Å². The maximum absolute atomic E-state index is 12.5. The minimum Gasteiger partial charge on any atom is -0.497 e. The van der Waals surface area contributed by atoms with Gasteiger partial charge in [-0.15, -0.1) is 0 Å². The SMILES string of the molecule is COc1cccc(-c2cn[nH]c2C2CCN(C(=O)[C@@H]3CCCO3)CC2)c1. The number of nitrogens with zero attached hydrogens (tertiary/aromatic N) is 2. The summed E-state index contributed by atoms with van der Waals surface area (Å²) in [5.74, 6) is 1.39. The number of H-pyrrole nitrogens is 1. The third-order valence-electron chi connectivity index (χ3n) is 5.47. The van der Waals surface area contributed by atoms with Crippen LogP contribution in [0.5, 0.6) is 5.75 Å². The maximum atomic E-state index is 12.5. The van der Waals surface area contributed by atoms with Gasteiger partial charge in [0.15, 0.2) is 0 Å². The van der Waals surface area contributed by atoms with Crippen molar-refractivity contribution in [1.29, 1.82) is 0 Å². The van der Waals surface area contributed by atoms with Crippen molar-refractivity contribution in [2.45, 2.75) is 37.7 Å². The first-order valence-electron chi connectivity index (χ1n) is 9.34. The third kappa shape index (κ3) is 3.33. The molecule has 3 heterocycles. The number of hydrogen-bond acceptors (Lipinski definition) is 4. The van der Waals surface area contributed by atoms with Crippen LogP contribution >= 0.6 is 0 Å². The summed E-state index contributed by atoms with van der Waals surface area (Å²) >= 11 is 0. The Hall–Kier alpha value is -2.34. The Balaban J connectivity index is 1.45. The zero-order chi connectivity index (χ0) is 17.9. The van der Waals surface area contributed by atoms with Gasteiger partial charge < -0.3 is 14.4 Å². The first kappa shape index (κ1) is 17.1. The quantitative estimate of drug-likeness (QED) is 0.916. The number of likely N-dealkylation sites (tertiary alicyclic amines) is 1. The number of carbonyl (C=O) groups excluding carboxylic acids is 1. The molecule has 1 aromatic carbocycles. The topological polar surface area (TPSA) is 67.5 Å². The molecule has 0 radical (unpaired) electrons. The Morgan fingerprint density at radius 2 is 2.15 bits per heavy atom. The van der Waals surface area contributed by atoms with Crippen LogP contribution in [0, 0.1) is 0 Å². The van der Waals surface area contributed by atoms with E-state index in [1.807, 2.05) is 29.3 Å². The zero-order valence-corrected chi connectivity index (χ0v) is 15.1. The van der Waals surface area contributed by atoms with Crippen molar-refractivity contribution < 1.29 is 14.3 Å². The van der Waals surface area contributed by atoms with Crippen molar-refractivity contribution in [3.05, 3.63) is 36.2 Å². The second-order valence-electron chi connectivity index (χ2n) is 7.03. The average Bonchev–Trinajstić information content (AvgIpc) is 3.39. The Labute approximate surface area is 153 Å². The molecule has 0 spiro atoms. The van der Waals surface area contributed by atoms with E-state index in [-0.39, 0.29) is 12.0 Å². The standard InChI is InChI=1S/C20H25N3O3/c1-25-16-5-2-4-15(12-16)17-13-21-22-19(17)14-7-9-23(10-8-14)20(24)18-6-3-11-26-18/h2,4-5,12-14,18H,3,6-11H2,1H3,(H,21,22)/t18-/m0/s1. The summed E-state index contributed by atoms with van der Waals surface area (Å²) in [7, 11) is 1.68. The highest BCUT2D eigenvalue weighted by Gasteiger charge is 2.32. The summed E-state index contributed by atoms with van der Waals surface area (Å²) in [6.07, 6.45) is 5.40. The fraction of sp³-hybridized carbons (Fsp3) is 0.500. The van der Waals surface area contributed by atoms with Crippen molar-refractivity contribution >= 4 is 5.91 Å². The molecular formula is C20H25N3O3. The van der Waals surface area contributed by atoms with Crippen LogP contribution in [0.1, 0.15) is 37.3 Å². The predicted octanol–water partition coefficient (Wildman–Crippen LogP) is 2.97. The molecule has 2 aromatic rings. The summed E-state index contributed by atoms with van der Waals surface area (Å²) in [5.41, 5.74) is 3.38. The number of hydrogen-bond donors (Lipinski definition) is 1. The third-order valence-corrected chi connectivity index (χ3v) is 5.47.